The summed E-state index contributed by atoms with van der Waals surface area (Å²) in [4.78, 5) is 34.6. The number of thiazole rings is 1. The van der Waals surface area contributed by atoms with Crippen LogP contribution < -0.4 is 34.0 Å². The van der Waals surface area contributed by atoms with Crippen LogP contribution in [0.2, 0.25) is 0 Å². The van der Waals surface area contributed by atoms with Crippen molar-refractivity contribution < 1.29 is 23.7 Å². The lowest BCUT2D eigenvalue weighted by Gasteiger charge is -2.26. The SMILES string of the molecule is CCOC(=O)C1=C(C)N=c2sc(=Cc3ccc(N(CC)CC)cc3OC)c(=O)n2C1c1ccc(OC)cc1OC. The monoisotopic (exact) mass is 565 g/mol. The number of methoxy groups -OCH3 is 3. The average Bonchev–Trinajstić information content (AvgIpc) is 3.27. The molecule has 1 aliphatic heterocycles. The van der Waals surface area contributed by atoms with E-state index >= 15 is 0 Å². The number of allylic oxidation sites excluding steroid dienone is 1. The maximum atomic E-state index is 14.0. The van der Waals surface area contributed by atoms with E-state index in [-0.39, 0.29) is 17.7 Å². The molecular weight excluding hydrogens is 530 g/mol. The Bertz CT molecular complexity index is 1620. The number of rotatable bonds is 10. The van der Waals surface area contributed by atoms with E-state index in [9.17, 15) is 9.59 Å². The summed E-state index contributed by atoms with van der Waals surface area (Å²) < 4.78 is 24.1. The number of benzene rings is 2. The summed E-state index contributed by atoms with van der Waals surface area (Å²) in [5, 5.41) is 0. The molecule has 212 valence electrons. The Morgan fingerprint density at radius 3 is 2.38 bits per heavy atom. The van der Waals surface area contributed by atoms with Gasteiger partial charge in [-0.3, -0.25) is 9.36 Å². The molecule has 0 saturated carbocycles. The van der Waals surface area contributed by atoms with Gasteiger partial charge < -0.3 is 23.8 Å². The molecule has 0 saturated heterocycles. The molecule has 1 aromatic heterocycles. The Labute approximate surface area is 237 Å². The molecule has 0 radical (unpaired) electrons. The van der Waals surface area contributed by atoms with Gasteiger partial charge in [-0.15, -0.1) is 0 Å². The predicted molar refractivity (Wildman–Crippen MR) is 156 cm³/mol. The van der Waals surface area contributed by atoms with Crippen molar-refractivity contribution in [2.75, 3.05) is 45.9 Å². The lowest BCUT2D eigenvalue weighted by atomic mass is 9.95. The summed E-state index contributed by atoms with van der Waals surface area (Å²) in [6.07, 6.45) is 1.81. The van der Waals surface area contributed by atoms with Crippen molar-refractivity contribution in [3.05, 3.63) is 78.5 Å². The first-order valence-corrected chi connectivity index (χ1v) is 14.0. The third-order valence-corrected chi connectivity index (χ3v) is 7.87. The zero-order valence-corrected chi connectivity index (χ0v) is 24.8. The molecule has 0 fully saturated rings. The minimum absolute atomic E-state index is 0.190. The first-order valence-electron chi connectivity index (χ1n) is 13.2. The number of esters is 1. The smallest absolute Gasteiger partial charge is 0.338 e. The van der Waals surface area contributed by atoms with Crippen molar-refractivity contribution in [3.8, 4) is 17.2 Å². The summed E-state index contributed by atoms with van der Waals surface area (Å²) in [6.45, 7) is 9.63. The maximum absolute atomic E-state index is 14.0. The summed E-state index contributed by atoms with van der Waals surface area (Å²) in [5.74, 6) is 1.19. The molecule has 40 heavy (non-hydrogen) atoms. The number of fused-ring (bicyclic) bond motifs is 1. The Balaban J connectivity index is 1.95. The molecule has 1 unspecified atom stereocenters. The predicted octanol–water partition coefficient (Wildman–Crippen LogP) is 3.67. The third kappa shape index (κ3) is 5.36. The van der Waals surface area contributed by atoms with Crippen molar-refractivity contribution in [1.29, 1.82) is 0 Å². The molecule has 3 aromatic rings. The summed E-state index contributed by atoms with van der Waals surface area (Å²) in [5.41, 5.74) is 2.91. The number of nitrogens with zero attached hydrogens (tertiary/aromatic N) is 3. The first kappa shape index (κ1) is 28.9. The highest BCUT2D eigenvalue weighted by Crippen LogP contribution is 2.37. The van der Waals surface area contributed by atoms with Crippen LogP contribution in [0.25, 0.3) is 6.08 Å². The quantitative estimate of drug-likeness (QED) is 0.347. The number of anilines is 1. The molecule has 2 aromatic carbocycles. The molecule has 10 heteroatoms. The number of carbonyl (C=O) groups excluding carboxylic acids is 1. The highest BCUT2D eigenvalue weighted by Gasteiger charge is 2.35. The average molecular weight is 566 g/mol. The molecule has 1 atom stereocenters. The van der Waals surface area contributed by atoms with Gasteiger partial charge in [-0.25, -0.2) is 9.79 Å². The highest BCUT2D eigenvalue weighted by molar-refractivity contribution is 7.07. The lowest BCUT2D eigenvalue weighted by Crippen LogP contribution is -2.40. The number of ether oxygens (including phenoxy) is 4. The highest BCUT2D eigenvalue weighted by atomic mass is 32.1. The molecule has 0 N–H and O–H groups in total. The van der Waals surface area contributed by atoms with Crippen LogP contribution in [0.15, 0.2) is 57.5 Å². The molecule has 2 heterocycles. The van der Waals surface area contributed by atoms with Crippen LogP contribution >= 0.6 is 11.3 Å². The minimum Gasteiger partial charge on any atom is -0.497 e. The fourth-order valence-corrected chi connectivity index (χ4v) is 5.91. The molecule has 9 nitrogen and oxygen atoms in total. The summed E-state index contributed by atoms with van der Waals surface area (Å²) in [7, 11) is 4.72. The van der Waals surface area contributed by atoms with E-state index in [1.54, 1.807) is 52.3 Å². The van der Waals surface area contributed by atoms with Crippen LogP contribution in [-0.4, -0.2) is 51.6 Å². The third-order valence-electron chi connectivity index (χ3n) is 6.88. The van der Waals surface area contributed by atoms with Crippen LogP contribution in [0, 0.1) is 0 Å². The second-order valence-electron chi connectivity index (χ2n) is 9.01. The van der Waals surface area contributed by atoms with E-state index in [0.29, 0.717) is 37.8 Å². The maximum Gasteiger partial charge on any atom is 0.338 e. The fraction of sp³-hybridized carbons (Fsp3) is 0.367. The van der Waals surface area contributed by atoms with Crippen molar-refractivity contribution in [1.82, 2.24) is 4.57 Å². The van der Waals surface area contributed by atoms with Crippen LogP contribution in [0.1, 0.15) is 44.9 Å². The van der Waals surface area contributed by atoms with Crippen molar-refractivity contribution in [2.45, 2.75) is 33.7 Å². The van der Waals surface area contributed by atoms with E-state index in [2.05, 4.69) is 23.7 Å². The fourth-order valence-electron chi connectivity index (χ4n) is 4.88. The number of hydrogen-bond acceptors (Lipinski definition) is 9. The van der Waals surface area contributed by atoms with Gasteiger partial charge in [-0.1, -0.05) is 11.3 Å². The first-order chi connectivity index (χ1) is 19.3. The molecule has 0 bridgehead atoms. The Morgan fingerprint density at radius 2 is 1.75 bits per heavy atom. The second-order valence-corrected chi connectivity index (χ2v) is 10.0. The van der Waals surface area contributed by atoms with Gasteiger partial charge in [0.1, 0.15) is 23.3 Å². The molecule has 0 aliphatic carbocycles. The van der Waals surface area contributed by atoms with Crippen molar-refractivity contribution in [2.24, 2.45) is 4.99 Å². The van der Waals surface area contributed by atoms with Crippen molar-refractivity contribution in [3.63, 3.8) is 0 Å². The summed E-state index contributed by atoms with van der Waals surface area (Å²) >= 11 is 1.26. The molecular formula is C30H35N3O6S. The second kappa shape index (κ2) is 12.4. The lowest BCUT2D eigenvalue weighted by molar-refractivity contribution is -0.139. The summed E-state index contributed by atoms with van der Waals surface area (Å²) in [6, 6.07) is 10.4. The molecule has 0 amide bonds. The van der Waals surface area contributed by atoms with Gasteiger partial charge in [0.15, 0.2) is 4.80 Å². The number of carbonyl (C=O) groups is 1. The van der Waals surface area contributed by atoms with Crippen LogP contribution in [0.3, 0.4) is 0 Å². The topological polar surface area (TPSA) is 91.6 Å². The van der Waals surface area contributed by atoms with E-state index in [0.717, 1.165) is 24.3 Å². The van der Waals surface area contributed by atoms with Crippen molar-refractivity contribution >= 4 is 29.1 Å². The zero-order valence-electron chi connectivity index (χ0n) is 23.9. The molecule has 0 spiro atoms. The van der Waals surface area contributed by atoms with Gasteiger partial charge in [0.2, 0.25) is 0 Å². The van der Waals surface area contributed by atoms with Crippen LogP contribution in [0.5, 0.6) is 17.2 Å². The van der Waals surface area contributed by atoms with Gasteiger partial charge in [0, 0.05) is 42.0 Å². The zero-order chi connectivity index (χ0) is 29.0. The van der Waals surface area contributed by atoms with Gasteiger partial charge in [-0.05, 0) is 58.0 Å². The standard InChI is InChI=1S/C30H35N3O6S/c1-8-32(9-2)20-12-11-19(23(16-20)37-6)15-25-28(34)33-27(22-14-13-21(36-5)17-24(22)38-7)26(29(35)39-10-3)18(4)31-30(33)40-25/h11-17,27H,8-10H2,1-7H3. The minimum atomic E-state index is -0.801. The van der Waals surface area contributed by atoms with E-state index in [1.165, 1.54) is 23.0 Å². The largest absolute Gasteiger partial charge is 0.497 e. The van der Waals surface area contributed by atoms with Crippen LogP contribution in [-0.2, 0) is 9.53 Å². The van der Waals surface area contributed by atoms with Gasteiger partial charge >= 0.3 is 5.97 Å². The van der Waals surface area contributed by atoms with Gasteiger partial charge in [0.05, 0.1) is 43.7 Å². The van der Waals surface area contributed by atoms with E-state index < -0.39 is 12.0 Å². The Kier molecular flexibility index (Phi) is 8.99. The Hall–Kier alpha value is -4.05. The molecule has 4 rings (SSSR count). The van der Waals surface area contributed by atoms with E-state index in [1.807, 2.05) is 18.2 Å². The van der Waals surface area contributed by atoms with Gasteiger partial charge in [0.25, 0.3) is 5.56 Å². The number of hydrogen-bond donors (Lipinski definition) is 0. The normalized spacial score (nSPS) is 14.9. The van der Waals surface area contributed by atoms with E-state index in [4.69, 9.17) is 18.9 Å². The Morgan fingerprint density at radius 1 is 1.02 bits per heavy atom. The molecule has 1 aliphatic rings. The van der Waals surface area contributed by atoms with Crippen LogP contribution in [0.4, 0.5) is 5.69 Å². The number of aromatic nitrogens is 1. The van der Waals surface area contributed by atoms with Gasteiger partial charge in [-0.2, -0.15) is 0 Å².